The molecule has 0 bridgehead atoms. The second-order valence-electron chi connectivity index (χ2n) is 3.99. The number of pyridine rings is 1. The molecule has 0 amide bonds. The molecule has 19 heavy (non-hydrogen) atoms. The summed E-state index contributed by atoms with van der Waals surface area (Å²) in [6, 6.07) is 8.47. The largest absolute Gasteiger partial charge is 0.693 e. The van der Waals surface area contributed by atoms with Crippen LogP contribution < -0.4 is 12.4 Å². The van der Waals surface area contributed by atoms with Crippen molar-refractivity contribution in [3.05, 3.63) is 53.9 Å². The molecule has 6 heteroatoms. The van der Waals surface area contributed by atoms with E-state index in [4.69, 9.17) is 0 Å². The summed E-state index contributed by atoms with van der Waals surface area (Å²) < 4.78 is 0. The van der Waals surface area contributed by atoms with Gasteiger partial charge in [0.2, 0.25) is 0 Å². The Kier molecular flexibility index (Phi) is 11.8. The van der Waals surface area contributed by atoms with Gasteiger partial charge in [0.1, 0.15) is 0 Å². The molecule has 1 aromatic carbocycles. The number of fused-ring (bicyclic) bond motifs is 3. The van der Waals surface area contributed by atoms with Gasteiger partial charge in [-0.2, -0.15) is 0 Å². The molecular weight excluding hydrogens is 464 g/mol. The molecule has 3 nitrogen and oxygen atoms in total. The third kappa shape index (κ3) is 4.69. The molecule has 1 aliphatic carbocycles. The summed E-state index contributed by atoms with van der Waals surface area (Å²) in [6.45, 7) is 0. The molecule has 3 rings (SSSR count). The molecule has 0 radical (unpaired) electrons. The predicted octanol–water partition coefficient (Wildman–Crippen LogP) is 2.24. The van der Waals surface area contributed by atoms with Crippen LogP contribution in [0.5, 0.6) is 0 Å². The first-order valence-corrected chi connectivity index (χ1v) is 8.24. The molecule has 0 aliphatic heterocycles. The quantitative estimate of drug-likeness (QED) is 0.569. The summed E-state index contributed by atoms with van der Waals surface area (Å²) in [5.41, 5.74) is 4.16. The number of hydrogen-bond acceptors (Lipinski definition) is 1. The predicted molar refractivity (Wildman–Crippen MR) is 74.8 cm³/mol. The molecule has 0 unspecified atom stereocenters. The first-order valence-electron chi connectivity index (χ1n) is 5.42. The number of rotatable bonds is 0. The van der Waals surface area contributed by atoms with E-state index in [1.807, 2.05) is 0 Å². The van der Waals surface area contributed by atoms with Crippen LogP contribution in [0.2, 0.25) is 0 Å². The minimum Gasteiger partial charge on any atom is -0.693 e. The number of aryl methyl sites for hydroxylation is 2. The number of halogens is 2. The van der Waals surface area contributed by atoms with Gasteiger partial charge in [-0.1, -0.05) is 18.2 Å². The smallest absolute Gasteiger partial charge is 0.0704 e. The normalized spacial score (nSPS) is 11.7. The molecular formula is C13H17Cl2N3Pt-3. The molecule has 0 spiro atoms. The molecule has 1 heterocycles. The van der Waals surface area contributed by atoms with E-state index in [0.717, 1.165) is 5.52 Å². The van der Waals surface area contributed by atoms with Gasteiger partial charge in [-0.25, -0.2) is 0 Å². The fraction of sp³-hybridized carbons (Fsp3) is 0.308. The second-order valence-corrected chi connectivity index (χ2v) is 3.99. The van der Waals surface area contributed by atoms with Crippen molar-refractivity contribution in [2.75, 3.05) is 0 Å². The maximum Gasteiger partial charge on any atom is 0.0704 e. The van der Waals surface area contributed by atoms with Crippen LogP contribution in [0.4, 0.5) is 0 Å². The molecule has 0 saturated carbocycles. The molecule has 0 fully saturated rings. The van der Waals surface area contributed by atoms with Gasteiger partial charge in [0, 0.05) is 11.6 Å². The summed E-state index contributed by atoms with van der Waals surface area (Å²) in [6.07, 6.45) is 7.18. The number of para-hydroxylation sites is 1. The van der Waals surface area contributed by atoms with Gasteiger partial charge in [0.05, 0.1) is 5.52 Å². The van der Waals surface area contributed by atoms with Crippen molar-refractivity contribution < 1.29 is 31.2 Å². The van der Waals surface area contributed by atoms with Gasteiger partial charge in [-0.05, 0) is 42.9 Å². The van der Waals surface area contributed by atoms with Crippen molar-refractivity contribution >= 4 is 20.3 Å². The first-order chi connectivity index (χ1) is 7.95. The van der Waals surface area contributed by atoms with Crippen molar-refractivity contribution in [1.82, 2.24) is 4.98 Å². The van der Waals surface area contributed by atoms with Crippen LogP contribution in [0.25, 0.3) is 23.2 Å². The van der Waals surface area contributed by atoms with E-state index in [-0.39, 0.29) is 24.7 Å². The third-order valence-electron chi connectivity index (χ3n) is 3.10. The molecule has 1 aliphatic rings. The van der Waals surface area contributed by atoms with Crippen LogP contribution in [0.3, 0.4) is 0 Å². The molecule has 0 atom stereocenters. The van der Waals surface area contributed by atoms with Crippen LogP contribution in [0, 0.1) is 0 Å². The summed E-state index contributed by atoms with van der Waals surface area (Å²) in [7, 11) is 4.61. The molecule has 1 aromatic heterocycles. The van der Waals surface area contributed by atoms with Crippen molar-refractivity contribution in [2.45, 2.75) is 25.7 Å². The summed E-state index contributed by atoms with van der Waals surface area (Å²) >= 11 is 1.61. The van der Waals surface area contributed by atoms with E-state index in [2.05, 4.69) is 44.9 Å². The molecule has 2 aromatic rings. The molecule has 4 N–H and O–H groups in total. The Bertz CT molecular complexity index is 494. The Hall–Kier alpha value is -0.182. The van der Waals surface area contributed by atoms with Gasteiger partial charge in [-0.15, -0.1) is 0 Å². The average Bonchev–Trinajstić information content (AvgIpc) is 2.41. The van der Waals surface area contributed by atoms with Gasteiger partial charge in [0.25, 0.3) is 0 Å². The van der Waals surface area contributed by atoms with Gasteiger partial charge >= 0.3 is 28.2 Å². The number of nitrogens with two attached hydrogens (primary N) is 2. The SMILES string of the molecule is [Cl-].[Cl][Pt].[NH2-].[NH2-].c1ccc2c3c(cnc2c1)CCCC3. The van der Waals surface area contributed by atoms with Crippen LogP contribution in [0.15, 0.2) is 30.5 Å². The van der Waals surface area contributed by atoms with Crippen molar-refractivity contribution in [1.29, 1.82) is 0 Å². The fourth-order valence-electron chi connectivity index (χ4n) is 2.37. The summed E-state index contributed by atoms with van der Waals surface area (Å²) in [5.74, 6) is 0. The van der Waals surface area contributed by atoms with Gasteiger partial charge < -0.3 is 24.7 Å². The Labute approximate surface area is 135 Å². The fourth-order valence-corrected chi connectivity index (χ4v) is 2.37. The van der Waals surface area contributed by atoms with E-state index >= 15 is 0 Å². The molecule has 0 saturated heterocycles. The van der Waals surface area contributed by atoms with E-state index in [1.54, 1.807) is 24.3 Å². The topological polar surface area (TPSA) is 79.9 Å². The number of aromatic nitrogens is 1. The van der Waals surface area contributed by atoms with E-state index < -0.39 is 0 Å². The minimum absolute atomic E-state index is 0. The monoisotopic (exact) mass is 480 g/mol. The van der Waals surface area contributed by atoms with Crippen molar-refractivity contribution in [3.8, 4) is 0 Å². The Morgan fingerprint density at radius 2 is 1.63 bits per heavy atom. The van der Waals surface area contributed by atoms with Crippen LogP contribution in [-0.2, 0) is 31.6 Å². The van der Waals surface area contributed by atoms with Crippen LogP contribution in [0.1, 0.15) is 24.0 Å². The average molecular weight is 481 g/mol. The van der Waals surface area contributed by atoms with Crippen LogP contribution in [-0.4, -0.2) is 4.98 Å². The van der Waals surface area contributed by atoms with Crippen LogP contribution >= 0.6 is 9.42 Å². The van der Waals surface area contributed by atoms with Crippen molar-refractivity contribution in [3.63, 3.8) is 0 Å². The Morgan fingerprint density at radius 3 is 2.37 bits per heavy atom. The maximum atomic E-state index is 4.61. The number of hydrogen-bond donors (Lipinski definition) is 0. The van der Waals surface area contributed by atoms with E-state index in [9.17, 15) is 0 Å². The van der Waals surface area contributed by atoms with Gasteiger partial charge in [-0.3, -0.25) is 4.98 Å². The summed E-state index contributed by atoms with van der Waals surface area (Å²) in [4.78, 5) is 4.49. The van der Waals surface area contributed by atoms with E-state index in [1.165, 1.54) is 36.6 Å². The number of nitrogens with zero attached hydrogens (tertiary/aromatic N) is 1. The molecule has 111 valence electrons. The Morgan fingerprint density at radius 1 is 1.00 bits per heavy atom. The second kappa shape index (κ2) is 10.6. The standard InChI is InChI=1S/C13H13N.2ClH.2H2N.Pt/c1-2-6-11-10(5-1)9-14-13-8-4-3-7-12(11)13;;;;;/h3-4,7-9H,1-2,5-6H2;2*1H;2*1H2;/q;;;2*-1;+1/p-2. The maximum absolute atomic E-state index is 4.61. The third-order valence-corrected chi connectivity index (χ3v) is 3.10. The van der Waals surface area contributed by atoms with Crippen molar-refractivity contribution in [2.24, 2.45) is 0 Å². The van der Waals surface area contributed by atoms with Gasteiger partial charge in [0.15, 0.2) is 0 Å². The van der Waals surface area contributed by atoms with E-state index in [0.29, 0.717) is 0 Å². The zero-order chi connectivity index (χ0) is 11.4. The summed E-state index contributed by atoms with van der Waals surface area (Å²) in [5, 5.41) is 1.37. The Balaban J connectivity index is 0. The first kappa shape index (κ1) is 21.1. The number of benzene rings is 1. The zero-order valence-electron chi connectivity index (χ0n) is 10.4. The zero-order valence-corrected chi connectivity index (χ0v) is 14.2. The minimum atomic E-state index is 0.